The number of esters is 1. The molecular formula is C17H18ClN3O3. The number of amides is 1. The maximum atomic E-state index is 13.0. The maximum absolute atomic E-state index is 13.0. The second kappa shape index (κ2) is 5.94. The number of hydrogen-bond acceptors (Lipinski definition) is 4. The van der Waals surface area contributed by atoms with Crippen molar-refractivity contribution in [1.29, 1.82) is 0 Å². The van der Waals surface area contributed by atoms with Crippen molar-refractivity contribution in [3.63, 3.8) is 0 Å². The van der Waals surface area contributed by atoms with Gasteiger partial charge in [-0.1, -0.05) is 23.7 Å². The fraction of sp³-hybridized carbons (Fsp3) is 0.353. The van der Waals surface area contributed by atoms with E-state index in [1.54, 1.807) is 21.6 Å². The average Bonchev–Trinajstić information content (AvgIpc) is 2.95. The minimum atomic E-state index is -0.608. The monoisotopic (exact) mass is 347 g/mol. The second-order valence-corrected chi connectivity index (χ2v) is 6.83. The maximum Gasteiger partial charge on any atom is 0.359 e. The number of halogens is 1. The van der Waals surface area contributed by atoms with Gasteiger partial charge in [0.15, 0.2) is 5.69 Å². The molecule has 2 aromatic rings. The molecule has 0 spiro atoms. The molecule has 0 radical (unpaired) electrons. The molecule has 0 bridgehead atoms. The number of nitrogens with zero attached hydrogens (tertiary/aromatic N) is 3. The summed E-state index contributed by atoms with van der Waals surface area (Å²) < 4.78 is 6.44. The number of hydrogen-bond donors (Lipinski definition) is 0. The third-order valence-corrected chi connectivity index (χ3v) is 4.46. The van der Waals surface area contributed by atoms with E-state index in [1.807, 2.05) is 26.0 Å². The Balaban J connectivity index is 1.98. The van der Waals surface area contributed by atoms with E-state index in [-0.39, 0.29) is 17.3 Å². The number of ether oxygens (including phenoxy) is 1. The predicted molar refractivity (Wildman–Crippen MR) is 89.0 cm³/mol. The van der Waals surface area contributed by atoms with E-state index in [2.05, 4.69) is 4.98 Å². The quantitative estimate of drug-likeness (QED) is 0.801. The normalized spacial score (nSPS) is 16.0. The van der Waals surface area contributed by atoms with Crippen molar-refractivity contribution in [1.82, 2.24) is 14.5 Å². The zero-order valence-electron chi connectivity index (χ0n) is 13.7. The van der Waals surface area contributed by atoms with E-state index in [0.717, 1.165) is 5.56 Å². The van der Waals surface area contributed by atoms with E-state index in [4.69, 9.17) is 16.3 Å². The van der Waals surface area contributed by atoms with Crippen LogP contribution in [0.3, 0.4) is 0 Å². The predicted octanol–water partition coefficient (Wildman–Crippen LogP) is 2.76. The summed E-state index contributed by atoms with van der Waals surface area (Å²) in [4.78, 5) is 30.7. The number of fused-ring (bicyclic) bond motifs is 1. The molecule has 2 heterocycles. The molecule has 0 fully saturated rings. The molecule has 126 valence electrons. The summed E-state index contributed by atoms with van der Waals surface area (Å²) in [5.74, 6) is -0.845. The van der Waals surface area contributed by atoms with Gasteiger partial charge in [0.1, 0.15) is 5.69 Å². The van der Waals surface area contributed by atoms with E-state index in [1.165, 1.54) is 13.4 Å². The minimum absolute atomic E-state index is 0.0547. The van der Waals surface area contributed by atoms with Crippen LogP contribution in [0.25, 0.3) is 0 Å². The van der Waals surface area contributed by atoms with E-state index in [0.29, 0.717) is 18.1 Å². The average molecular weight is 348 g/mol. The second-order valence-electron chi connectivity index (χ2n) is 6.39. The first-order valence-electron chi connectivity index (χ1n) is 7.53. The van der Waals surface area contributed by atoms with Gasteiger partial charge in [-0.2, -0.15) is 0 Å². The lowest BCUT2D eigenvalue weighted by atomic mass is 9.97. The first-order valence-corrected chi connectivity index (χ1v) is 7.91. The van der Waals surface area contributed by atoms with Gasteiger partial charge in [0.2, 0.25) is 0 Å². The summed E-state index contributed by atoms with van der Waals surface area (Å²) in [5, 5.41) is 0.647. The van der Waals surface area contributed by atoms with Crippen LogP contribution in [-0.2, 0) is 17.8 Å². The molecule has 1 aromatic heterocycles. The number of rotatable bonds is 3. The molecule has 6 nitrogen and oxygen atoms in total. The third-order valence-electron chi connectivity index (χ3n) is 4.21. The Bertz CT molecular complexity index is 796. The van der Waals surface area contributed by atoms with Gasteiger partial charge in [-0.25, -0.2) is 9.78 Å². The van der Waals surface area contributed by atoms with Crippen LogP contribution in [-0.4, -0.2) is 39.0 Å². The van der Waals surface area contributed by atoms with Crippen molar-refractivity contribution >= 4 is 23.5 Å². The molecule has 0 N–H and O–H groups in total. The zero-order valence-corrected chi connectivity index (χ0v) is 14.5. The minimum Gasteiger partial charge on any atom is -0.464 e. The lowest BCUT2D eigenvalue weighted by molar-refractivity contribution is 0.0375. The number of carbonyl (C=O) groups excluding carboxylic acids is 2. The van der Waals surface area contributed by atoms with Crippen molar-refractivity contribution in [2.75, 3.05) is 7.11 Å². The molecule has 24 heavy (non-hydrogen) atoms. The Kier molecular flexibility index (Phi) is 4.09. The molecule has 0 saturated heterocycles. The Labute approximate surface area is 145 Å². The number of benzene rings is 1. The Hall–Kier alpha value is -2.34. The molecule has 0 saturated carbocycles. The van der Waals surface area contributed by atoms with Crippen LogP contribution in [0, 0.1) is 0 Å². The Morgan fingerprint density at radius 3 is 2.62 bits per heavy atom. The van der Waals surface area contributed by atoms with Gasteiger partial charge in [0.25, 0.3) is 5.91 Å². The number of aromatic nitrogens is 2. The van der Waals surface area contributed by atoms with Crippen LogP contribution < -0.4 is 0 Å². The smallest absolute Gasteiger partial charge is 0.359 e. The van der Waals surface area contributed by atoms with Crippen LogP contribution >= 0.6 is 11.6 Å². The molecule has 7 heteroatoms. The van der Waals surface area contributed by atoms with Gasteiger partial charge < -0.3 is 14.2 Å². The van der Waals surface area contributed by atoms with Crippen LogP contribution in [0.2, 0.25) is 5.02 Å². The molecule has 1 aliphatic heterocycles. The highest BCUT2D eigenvalue weighted by Gasteiger charge is 2.41. The molecular weight excluding hydrogens is 330 g/mol. The van der Waals surface area contributed by atoms with Crippen molar-refractivity contribution in [2.24, 2.45) is 0 Å². The molecule has 1 amide bonds. The number of methoxy groups -OCH3 is 1. The fourth-order valence-corrected chi connectivity index (χ4v) is 3.06. The van der Waals surface area contributed by atoms with Crippen LogP contribution in [0.4, 0.5) is 0 Å². The zero-order chi connectivity index (χ0) is 17.5. The molecule has 3 rings (SSSR count). The Morgan fingerprint density at radius 1 is 1.33 bits per heavy atom. The summed E-state index contributed by atoms with van der Waals surface area (Å²) in [6.45, 7) is 4.95. The number of imidazole rings is 1. The topological polar surface area (TPSA) is 64.4 Å². The van der Waals surface area contributed by atoms with Gasteiger partial charge in [-0.3, -0.25) is 4.79 Å². The first kappa shape index (κ1) is 16.5. The molecule has 0 atom stereocenters. The highest BCUT2D eigenvalue weighted by atomic mass is 35.5. The molecule has 1 aliphatic rings. The van der Waals surface area contributed by atoms with Gasteiger partial charge >= 0.3 is 5.97 Å². The van der Waals surface area contributed by atoms with Gasteiger partial charge in [-0.15, -0.1) is 0 Å². The summed E-state index contributed by atoms with van der Waals surface area (Å²) in [6.07, 6.45) is 1.51. The summed E-state index contributed by atoms with van der Waals surface area (Å²) in [5.41, 5.74) is 0.875. The number of carbonyl (C=O) groups is 2. The molecule has 1 aromatic carbocycles. The summed E-state index contributed by atoms with van der Waals surface area (Å²) in [7, 11) is 1.27. The largest absolute Gasteiger partial charge is 0.464 e. The van der Waals surface area contributed by atoms with E-state index in [9.17, 15) is 9.59 Å². The van der Waals surface area contributed by atoms with Crippen LogP contribution in [0.15, 0.2) is 30.6 Å². The third kappa shape index (κ3) is 2.78. The fourth-order valence-electron chi connectivity index (χ4n) is 2.94. The van der Waals surface area contributed by atoms with Gasteiger partial charge in [0.05, 0.1) is 19.0 Å². The van der Waals surface area contributed by atoms with Gasteiger partial charge in [-0.05, 0) is 31.5 Å². The molecule has 0 unspecified atom stereocenters. The molecule has 0 aliphatic carbocycles. The summed E-state index contributed by atoms with van der Waals surface area (Å²) in [6, 6.07) is 7.36. The lowest BCUT2D eigenvalue weighted by Gasteiger charge is -2.42. The van der Waals surface area contributed by atoms with E-state index < -0.39 is 11.5 Å². The van der Waals surface area contributed by atoms with Crippen molar-refractivity contribution in [3.8, 4) is 0 Å². The Morgan fingerprint density at radius 2 is 2.00 bits per heavy atom. The van der Waals surface area contributed by atoms with Crippen molar-refractivity contribution in [2.45, 2.75) is 32.5 Å². The highest BCUT2D eigenvalue weighted by molar-refractivity contribution is 6.30. The van der Waals surface area contributed by atoms with Crippen molar-refractivity contribution < 1.29 is 14.3 Å². The first-order chi connectivity index (χ1) is 11.3. The van der Waals surface area contributed by atoms with Crippen LogP contribution in [0.1, 0.15) is 40.4 Å². The SMILES string of the molecule is COC(=O)c1ncn2c1C(=O)N(Cc1ccc(Cl)cc1)C(C)(C)C2. The van der Waals surface area contributed by atoms with Crippen molar-refractivity contribution in [3.05, 3.63) is 52.6 Å². The van der Waals surface area contributed by atoms with Gasteiger partial charge in [0, 0.05) is 18.1 Å². The standard InChI is InChI=1S/C17H18ClN3O3/c1-17(2)9-20-10-19-13(16(23)24-3)14(20)15(22)21(17)8-11-4-6-12(18)7-5-11/h4-7,10H,8-9H2,1-3H3. The lowest BCUT2D eigenvalue weighted by Crippen LogP contribution is -2.54. The summed E-state index contributed by atoms with van der Waals surface area (Å²) >= 11 is 5.92. The van der Waals surface area contributed by atoms with E-state index >= 15 is 0 Å². The van der Waals surface area contributed by atoms with Crippen LogP contribution in [0.5, 0.6) is 0 Å². The highest BCUT2D eigenvalue weighted by Crippen LogP contribution is 2.30.